The van der Waals surface area contributed by atoms with Gasteiger partial charge in [0.25, 0.3) is 0 Å². The van der Waals surface area contributed by atoms with E-state index in [1.807, 2.05) is 0 Å². The van der Waals surface area contributed by atoms with Crippen LogP contribution in [-0.4, -0.2) is 62.3 Å². The number of rotatable bonds is 4. The Balaban J connectivity index is 0.00000133. The minimum absolute atomic E-state index is 0. The third-order valence-corrected chi connectivity index (χ3v) is 4.75. The van der Waals surface area contributed by atoms with E-state index in [9.17, 15) is 0 Å². The zero-order valence-electron chi connectivity index (χ0n) is 11.8. The summed E-state index contributed by atoms with van der Waals surface area (Å²) in [4.78, 5) is 5.25. The first-order chi connectivity index (χ1) is 8.92. The fraction of sp³-hybridized carbons (Fsp3) is 0.867. The number of hydrogen-bond acceptors (Lipinski definition) is 3. The van der Waals surface area contributed by atoms with Gasteiger partial charge in [0.15, 0.2) is 0 Å². The molecule has 0 bridgehead atoms. The first-order valence-corrected chi connectivity index (χ1v) is 7.59. The van der Waals surface area contributed by atoms with Gasteiger partial charge in [-0.2, -0.15) is 0 Å². The average Bonchev–Trinajstić information content (AvgIpc) is 2.82. The molecular weight excluding hydrogens is 260 g/mol. The quantitative estimate of drug-likeness (QED) is 0.736. The lowest BCUT2D eigenvalue weighted by Gasteiger charge is -2.27. The molecule has 3 aliphatic rings. The topological polar surface area (TPSA) is 15.7 Å². The molecule has 19 heavy (non-hydrogen) atoms. The lowest BCUT2D eigenvalue weighted by atomic mass is 9.86. The van der Waals surface area contributed by atoms with Gasteiger partial charge in [-0.3, -0.25) is 4.90 Å². The molecule has 0 amide bonds. The highest BCUT2D eigenvalue weighted by molar-refractivity contribution is 5.85. The van der Waals surface area contributed by atoms with Crippen molar-refractivity contribution in [3.05, 3.63) is 12.2 Å². The first kappa shape index (κ1) is 15.3. The highest BCUT2D eigenvalue weighted by atomic mass is 35.5. The summed E-state index contributed by atoms with van der Waals surface area (Å²) in [6.07, 6.45) is 8.75. The van der Waals surface area contributed by atoms with E-state index in [4.69, 9.17) is 4.74 Å². The largest absolute Gasteiger partial charge is 0.379 e. The molecule has 2 unspecified atom stereocenters. The Morgan fingerprint density at radius 1 is 0.895 bits per heavy atom. The van der Waals surface area contributed by atoms with Gasteiger partial charge < -0.3 is 9.64 Å². The van der Waals surface area contributed by atoms with Crippen LogP contribution >= 0.6 is 12.4 Å². The van der Waals surface area contributed by atoms with Crippen molar-refractivity contribution in [2.45, 2.75) is 19.3 Å². The van der Waals surface area contributed by atoms with Crippen molar-refractivity contribution in [3.8, 4) is 0 Å². The van der Waals surface area contributed by atoms with Gasteiger partial charge in [0.05, 0.1) is 13.2 Å². The maximum absolute atomic E-state index is 5.38. The van der Waals surface area contributed by atoms with E-state index in [0.717, 1.165) is 38.1 Å². The normalized spacial score (nSPS) is 32.0. The smallest absolute Gasteiger partial charge is 0.0594 e. The summed E-state index contributed by atoms with van der Waals surface area (Å²) in [7, 11) is 0. The number of ether oxygens (including phenoxy) is 1. The minimum Gasteiger partial charge on any atom is -0.379 e. The van der Waals surface area contributed by atoms with Crippen LogP contribution in [0.25, 0.3) is 0 Å². The van der Waals surface area contributed by atoms with Crippen molar-refractivity contribution in [1.82, 2.24) is 9.80 Å². The number of hydrogen-bond donors (Lipinski definition) is 0. The molecule has 2 heterocycles. The van der Waals surface area contributed by atoms with Crippen LogP contribution in [0.15, 0.2) is 12.2 Å². The predicted octanol–water partition coefficient (Wildman–Crippen LogP) is 2.03. The van der Waals surface area contributed by atoms with Crippen LogP contribution in [0, 0.1) is 11.8 Å². The molecular formula is C15H27ClN2O. The molecule has 2 aliphatic heterocycles. The molecule has 0 aromatic heterocycles. The third kappa shape index (κ3) is 4.19. The lowest BCUT2D eigenvalue weighted by molar-refractivity contribution is 0.0363. The summed E-state index contributed by atoms with van der Waals surface area (Å²) < 4.78 is 5.38. The number of fused-ring (bicyclic) bond motifs is 1. The Hall–Kier alpha value is -0.0900. The fourth-order valence-electron chi connectivity index (χ4n) is 3.64. The van der Waals surface area contributed by atoms with E-state index in [1.165, 1.54) is 45.4 Å². The number of allylic oxidation sites excluding steroid dienone is 2. The second-order valence-corrected chi connectivity index (χ2v) is 6.03. The van der Waals surface area contributed by atoms with Crippen LogP contribution in [0.3, 0.4) is 0 Å². The van der Waals surface area contributed by atoms with E-state index >= 15 is 0 Å². The molecule has 1 aliphatic carbocycles. The molecule has 0 aromatic rings. The van der Waals surface area contributed by atoms with Gasteiger partial charge in [0.1, 0.15) is 0 Å². The zero-order chi connectivity index (χ0) is 12.2. The summed E-state index contributed by atoms with van der Waals surface area (Å²) in [5, 5.41) is 0. The van der Waals surface area contributed by atoms with Gasteiger partial charge in [-0.25, -0.2) is 0 Å². The van der Waals surface area contributed by atoms with Crippen molar-refractivity contribution in [3.63, 3.8) is 0 Å². The third-order valence-electron chi connectivity index (χ3n) is 4.75. The first-order valence-electron chi connectivity index (χ1n) is 7.59. The molecule has 0 aromatic carbocycles. The minimum atomic E-state index is 0. The maximum Gasteiger partial charge on any atom is 0.0594 e. The van der Waals surface area contributed by atoms with Crippen molar-refractivity contribution in [1.29, 1.82) is 0 Å². The Morgan fingerprint density at radius 3 is 2.11 bits per heavy atom. The highest BCUT2D eigenvalue weighted by Crippen LogP contribution is 2.32. The molecule has 2 atom stereocenters. The van der Waals surface area contributed by atoms with Crippen LogP contribution in [-0.2, 0) is 4.74 Å². The Bertz CT molecular complexity index is 276. The van der Waals surface area contributed by atoms with Crippen LogP contribution < -0.4 is 0 Å². The van der Waals surface area contributed by atoms with Gasteiger partial charge in [0.2, 0.25) is 0 Å². The monoisotopic (exact) mass is 286 g/mol. The molecule has 0 radical (unpaired) electrons. The van der Waals surface area contributed by atoms with Crippen LogP contribution in [0.5, 0.6) is 0 Å². The van der Waals surface area contributed by atoms with Crippen LogP contribution in [0.1, 0.15) is 19.3 Å². The summed E-state index contributed by atoms with van der Waals surface area (Å²) in [5.74, 6) is 1.91. The predicted molar refractivity (Wildman–Crippen MR) is 80.9 cm³/mol. The molecule has 110 valence electrons. The van der Waals surface area contributed by atoms with E-state index in [-0.39, 0.29) is 12.4 Å². The number of likely N-dealkylation sites (tertiary alicyclic amines) is 1. The molecule has 0 saturated carbocycles. The van der Waals surface area contributed by atoms with E-state index < -0.39 is 0 Å². The van der Waals surface area contributed by atoms with Gasteiger partial charge in [-0.15, -0.1) is 12.4 Å². The summed E-state index contributed by atoms with van der Waals surface area (Å²) in [5.41, 5.74) is 0. The molecule has 3 nitrogen and oxygen atoms in total. The zero-order valence-corrected chi connectivity index (χ0v) is 12.6. The molecule has 0 N–H and O–H groups in total. The number of nitrogens with zero attached hydrogens (tertiary/aromatic N) is 2. The Morgan fingerprint density at radius 2 is 1.47 bits per heavy atom. The Kier molecular flexibility index (Phi) is 6.14. The Labute approximate surface area is 123 Å². The van der Waals surface area contributed by atoms with Gasteiger partial charge in [-0.05, 0) is 44.2 Å². The summed E-state index contributed by atoms with van der Waals surface area (Å²) in [6, 6.07) is 0. The lowest BCUT2D eigenvalue weighted by Crippen LogP contribution is -2.38. The van der Waals surface area contributed by atoms with Gasteiger partial charge >= 0.3 is 0 Å². The fourth-order valence-corrected chi connectivity index (χ4v) is 3.64. The molecule has 0 spiro atoms. The molecule has 2 saturated heterocycles. The second-order valence-electron chi connectivity index (χ2n) is 6.03. The van der Waals surface area contributed by atoms with Crippen LogP contribution in [0.2, 0.25) is 0 Å². The average molecular weight is 287 g/mol. The SMILES string of the molecule is C1=CCC2CN(CCCN3CCOCC3)CC2C1.Cl. The number of morpholine rings is 1. The molecule has 3 rings (SSSR count). The molecule has 2 fully saturated rings. The van der Waals surface area contributed by atoms with Gasteiger partial charge in [0, 0.05) is 26.2 Å². The second kappa shape index (κ2) is 7.63. The van der Waals surface area contributed by atoms with Gasteiger partial charge in [-0.1, -0.05) is 12.2 Å². The van der Waals surface area contributed by atoms with Crippen molar-refractivity contribution >= 4 is 12.4 Å². The van der Waals surface area contributed by atoms with Crippen LogP contribution in [0.4, 0.5) is 0 Å². The van der Waals surface area contributed by atoms with E-state index in [2.05, 4.69) is 22.0 Å². The summed E-state index contributed by atoms with van der Waals surface area (Å²) >= 11 is 0. The van der Waals surface area contributed by atoms with Crippen molar-refractivity contribution in [2.75, 3.05) is 52.5 Å². The maximum atomic E-state index is 5.38. The summed E-state index contributed by atoms with van der Waals surface area (Å²) in [6.45, 7) is 9.37. The standard InChI is InChI=1S/C15H26N2O.ClH/c1-2-5-15-13-17(12-14(15)4-1)7-3-6-16-8-10-18-11-9-16;/h1-2,14-15H,3-13H2;1H. The molecule has 4 heteroatoms. The highest BCUT2D eigenvalue weighted by Gasteiger charge is 2.32. The van der Waals surface area contributed by atoms with Crippen molar-refractivity contribution in [2.24, 2.45) is 11.8 Å². The van der Waals surface area contributed by atoms with Crippen molar-refractivity contribution < 1.29 is 4.74 Å². The van der Waals surface area contributed by atoms with E-state index in [1.54, 1.807) is 0 Å². The van der Waals surface area contributed by atoms with E-state index in [0.29, 0.717) is 0 Å². The number of halogens is 1.